The zero-order valence-electron chi connectivity index (χ0n) is 16.3. The maximum absolute atomic E-state index is 13.5. The van der Waals surface area contributed by atoms with E-state index in [1.165, 1.54) is 4.90 Å². The number of hydrogen-bond donors (Lipinski definition) is 2. The number of nitrogens with one attached hydrogen (secondary N) is 2. The van der Waals surface area contributed by atoms with Gasteiger partial charge in [-0.25, -0.2) is 0 Å². The van der Waals surface area contributed by atoms with Crippen molar-refractivity contribution in [3.8, 4) is 6.07 Å². The highest BCUT2D eigenvalue weighted by Gasteiger charge is 2.53. The van der Waals surface area contributed by atoms with E-state index in [0.717, 1.165) is 18.7 Å². The van der Waals surface area contributed by atoms with Crippen molar-refractivity contribution >= 4 is 5.84 Å². The molecule has 5 nitrogen and oxygen atoms in total. The Hall–Kier alpha value is -2.11. The molecule has 4 rings (SSSR count). The molecule has 2 heterocycles. The largest absolute Gasteiger partial charge is 0.448 e. The average molecular weight is 405 g/mol. The highest BCUT2D eigenvalue weighted by Crippen LogP contribution is 2.47. The van der Waals surface area contributed by atoms with Gasteiger partial charge in [0.2, 0.25) is 5.84 Å². The van der Waals surface area contributed by atoms with Crippen LogP contribution < -0.4 is 5.32 Å². The maximum atomic E-state index is 13.5. The van der Waals surface area contributed by atoms with Crippen LogP contribution in [0.5, 0.6) is 0 Å². The van der Waals surface area contributed by atoms with Gasteiger partial charge in [0.1, 0.15) is 0 Å². The average Bonchev–Trinajstić information content (AvgIpc) is 3.46. The highest BCUT2D eigenvalue weighted by atomic mass is 19.4. The van der Waals surface area contributed by atoms with Crippen molar-refractivity contribution in [2.75, 3.05) is 26.2 Å². The van der Waals surface area contributed by atoms with Gasteiger partial charge >= 0.3 is 6.18 Å². The molecule has 0 aromatic heterocycles. The van der Waals surface area contributed by atoms with Crippen LogP contribution in [0.4, 0.5) is 13.2 Å². The van der Waals surface area contributed by atoms with E-state index in [2.05, 4.69) is 16.3 Å². The molecule has 1 aliphatic carbocycles. The van der Waals surface area contributed by atoms with E-state index in [4.69, 9.17) is 10.7 Å². The number of benzene rings is 1. The molecule has 0 amide bonds. The monoisotopic (exact) mass is 405 g/mol. The summed E-state index contributed by atoms with van der Waals surface area (Å²) in [5, 5.41) is 20.3. The summed E-state index contributed by atoms with van der Waals surface area (Å²) < 4.78 is 40.4. The van der Waals surface area contributed by atoms with Crippen molar-refractivity contribution in [2.24, 2.45) is 0 Å². The number of rotatable bonds is 5. The van der Waals surface area contributed by atoms with Gasteiger partial charge in [-0.2, -0.15) is 18.4 Å². The minimum absolute atomic E-state index is 0.0534. The quantitative estimate of drug-likeness (QED) is 0.584. The standard InChI is InChI=1S/C21H26F3N5/c22-21(23,24)19(26)29(18-12-17(18)15-4-2-1-3-5-15)16-6-10-28(11-7-16)20(8-9-25)13-27-14-20/h1-5,16-18,26-27H,6-8,10-14H2/t17-,18+/m0/s1. The first-order valence-electron chi connectivity index (χ1n) is 10.2. The van der Waals surface area contributed by atoms with E-state index < -0.39 is 12.0 Å². The second kappa shape index (κ2) is 7.62. The summed E-state index contributed by atoms with van der Waals surface area (Å²) in [5.41, 5.74) is 0.872. The number of nitriles is 1. The van der Waals surface area contributed by atoms with Crippen molar-refractivity contribution in [3.63, 3.8) is 0 Å². The van der Waals surface area contributed by atoms with Gasteiger partial charge in [-0.05, 0) is 24.8 Å². The van der Waals surface area contributed by atoms with Crippen LogP contribution in [0.1, 0.15) is 37.2 Å². The fraction of sp³-hybridized carbons (Fsp3) is 0.619. The van der Waals surface area contributed by atoms with Crippen LogP contribution in [0.2, 0.25) is 0 Å². The van der Waals surface area contributed by atoms with Gasteiger partial charge in [-0.3, -0.25) is 10.3 Å². The van der Waals surface area contributed by atoms with Crippen LogP contribution in [0, 0.1) is 16.7 Å². The van der Waals surface area contributed by atoms with Crippen molar-refractivity contribution in [1.29, 1.82) is 10.7 Å². The molecule has 0 spiro atoms. The molecular formula is C21H26F3N5. The van der Waals surface area contributed by atoms with E-state index in [0.29, 0.717) is 38.8 Å². The van der Waals surface area contributed by atoms with Crippen LogP contribution >= 0.6 is 0 Å². The van der Waals surface area contributed by atoms with Crippen LogP contribution in [0.15, 0.2) is 30.3 Å². The molecule has 2 N–H and O–H groups in total. The molecule has 156 valence electrons. The highest BCUT2D eigenvalue weighted by molar-refractivity contribution is 5.85. The zero-order valence-corrected chi connectivity index (χ0v) is 16.3. The first-order chi connectivity index (χ1) is 13.9. The fourth-order valence-electron chi connectivity index (χ4n) is 4.95. The summed E-state index contributed by atoms with van der Waals surface area (Å²) in [4.78, 5) is 3.62. The molecular weight excluding hydrogens is 379 g/mol. The molecule has 3 fully saturated rings. The molecule has 8 heteroatoms. The minimum atomic E-state index is -4.64. The Kier molecular flexibility index (Phi) is 5.30. The second-order valence-corrected chi connectivity index (χ2v) is 8.45. The SMILES string of the molecule is N#CCC1(N2CCC(N(C(=N)C(F)(F)F)[C@@H]3C[C@H]3c3ccccc3)CC2)CNC1. The van der Waals surface area contributed by atoms with Crippen LogP contribution in [-0.2, 0) is 0 Å². The lowest BCUT2D eigenvalue weighted by Crippen LogP contribution is -2.70. The Labute approximate surface area is 169 Å². The predicted molar refractivity (Wildman–Crippen MR) is 104 cm³/mol. The van der Waals surface area contributed by atoms with Crippen LogP contribution in [0.25, 0.3) is 0 Å². The first kappa shape index (κ1) is 20.2. The number of hydrogen-bond acceptors (Lipinski definition) is 4. The lowest BCUT2D eigenvalue weighted by atomic mass is 9.84. The molecule has 2 atom stereocenters. The first-order valence-corrected chi connectivity index (χ1v) is 10.2. The van der Waals surface area contributed by atoms with Gasteiger partial charge in [0.15, 0.2) is 0 Å². The molecule has 1 aromatic rings. The molecule has 3 aliphatic rings. The maximum Gasteiger partial charge on any atom is 0.448 e. The summed E-state index contributed by atoms with van der Waals surface area (Å²) in [5.74, 6) is -1.16. The van der Waals surface area contributed by atoms with Gasteiger partial charge in [0.25, 0.3) is 0 Å². The molecule has 1 aromatic carbocycles. The van der Waals surface area contributed by atoms with Crippen LogP contribution in [0.3, 0.4) is 0 Å². The van der Waals surface area contributed by atoms with E-state index in [1.807, 2.05) is 30.3 Å². The predicted octanol–water partition coefficient (Wildman–Crippen LogP) is 3.10. The summed E-state index contributed by atoms with van der Waals surface area (Å²) in [6.07, 6.45) is -2.37. The summed E-state index contributed by atoms with van der Waals surface area (Å²) in [7, 11) is 0. The topological polar surface area (TPSA) is 66.2 Å². The van der Waals surface area contributed by atoms with E-state index in [1.54, 1.807) is 0 Å². The van der Waals surface area contributed by atoms with Crippen molar-refractivity contribution in [1.82, 2.24) is 15.1 Å². The second-order valence-electron chi connectivity index (χ2n) is 8.45. The molecule has 2 saturated heterocycles. The Morgan fingerprint density at radius 1 is 1.24 bits per heavy atom. The Morgan fingerprint density at radius 2 is 1.90 bits per heavy atom. The number of nitrogens with zero attached hydrogens (tertiary/aromatic N) is 3. The Morgan fingerprint density at radius 3 is 2.41 bits per heavy atom. The van der Waals surface area contributed by atoms with Gasteiger partial charge in [0.05, 0.1) is 18.0 Å². The molecule has 1 saturated carbocycles. The fourth-order valence-corrected chi connectivity index (χ4v) is 4.95. The normalized spacial score (nSPS) is 27.0. The lowest BCUT2D eigenvalue weighted by Gasteiger charge is -2.53. The number of piperidine rings is 1. The molecule has 0 unspecified atom stereocenters. The zero-order chi connectivity index (χ0) is 20.6. The van der Waals surface area contributed by atoms with Crippen molar-refractivity contribution in [2.45, 2.75) is 55.4 Å². The molecule has 0 bridgehead atoms. The Balaban J connectivity index is 1.47. The molecule has 29 heavy (non-hydrogen) atoms. The van der Waals surface area contributed by atoms with Gasteiger partial charge in [-0.1, -0.05) is 30.3 Å². The molecule has 0 radical (unpaired) electrons. The summed E-state index contributed by atoms with van der Waals surface area (Å²) >= 11 is 0. The molecule has 2 aliphatic heterocycles. The van der Waals surface area contributed by atoms with E-state index in [9.17, 15) is 13.2 Å². The lowest BCUT2D eigenvalue weighted by molar-refractivity contribution is -0.0752. The van der Waals surface area contributed by atoms with Gasteiger partial charge < -0.3 is 10.2 Å². The van der Waals surface area contributed by atoms with E-state index in [-0.39, 0.29) is 23.5 Å². The van der Waals surface area contributed by atoms with E-state index >= 15 is 0 Å². The number of alkyl halides is 3. The smallest absolute Gasteiger partial charge is 0.346 e. The van der Waals surface area contributed by atoms with Crippen molar-refractivity contribution in [3.05, 3.63) is 35.9 Å². The third-order valence-corrected chi connectivity index (χ3v) is 6.71. The summed E-state index contributed by atoms with van der Waals surface area (Å²) in [6.45, 7) is 2.84. The third kappa shape index (κ3) is 3.86. The number of amidine groups is 1. The number of halogens is 3. The Bertz CT molecular complexity index is 776. The minimum Gasteiger partial charge on any atom is -0.346 e. The van der Waals surface area contributed by atoms with Gasteiger partial charge in [-0.15, -0.1) is 0 Å². The van der Waals surface area contributed by atoms with Crippen LogP contribution in [-0.4, -0.2) is 65.6 Å². The third-order valence-electron chi connectivity index (χ3n) is 6.71. The summed E-state index contributed by atoms with van der Waals surface area (Å²) in [6, 6.07) is 11.3. The van der Waals surface area contributed by atoms with Gasteiger partial charge in [0, 0.05) is 44.2 Å². The number of likely N-dealkylation sites (tertiary alicyclic amines) is 1. The van der Waals surface area contributed by atoms with Crippen molar-refractivity contribution < 1.29 is 13.2 Å².